The second kappa shape index (κ2) is 7.95. The molecule has 1 atom stereocenters. The molecule has 2 aromatic rings. The molecule has 0 aliphatic carbocycles. The van der Waals surface area contributed by atoms with Gasteiger partial charge in [0.15, 0.2) is 0 Å². The number of carbonyl (C=O) groups is 2. The average Bonchev–Trinajstić information content (AvgIpc) is 3.02. The summed E-state index contributed by atoms with van der Waals surface area (Å²) >= 11 is 3.35. The Morgan fingerprint density at radius 3 is 2.61 bits per heavy atom. The van der Waals surface area contributed by atoms with Crippen molar-refractivity contribution < 1.29 is 22.8 Å². The molecule has 4 nitrogen and oxygen atoms in total. The lowest BCUT2D eigenvalue weighted by atomic mass is 10.0. The highest BCUT2D eigenvalue weighted by Crippen LogP contribution is 2.33. The zero-order valence-electron chi connectivity index (χ0n) is 15.0. The van der Waals surface area contributed by atoms with Crippen LogP contribution in [0.25, 0.3) is 0 Å². The number of alkyl halides is 3. The summed E-state index contributed by atoms with van der Waals surface area (Å²) in [5.41, 5.74) is -0.0944. The number of carbonyl (C=O) groups excluding carboxylic acids is 2. The van der Waals surface area contributed by atoms with Crippen LogP contribution in [0.15, 0.2) is 53.0 Å². The molecule has 8 heteroatoms. The Morgan fingerprint density at radius 2 is 1.93 bits per heavy atom. The van der Waals surface area contributed by atoms with Gasteiger partial charge in [-0.1, -0.05) is 40.2 Å². The molecule has 1 heterocycles. The van der Waals surface area contributed by atoms with E-state index in [0.29, 0.717) is 18.7 Å². The van der Waals surface area contributed by atoms with Crippen LogP contribution in [0.5, 0.6) is 0 Å². The SMILES string of the molecule is CN(Cc1ccccc1C(F)(F)F)C(=O)[C@H]1CCN(c2cccc(Br)c2)C1=O. The van der Waals surface area contributed by atoms with Crippen LogP contribution < -0.4 is 4.90 Å². The third-order valence-corrected chi connectivity index (χ3v) is 5.22. The third kappa shape index (κ3) is 4.22. The summed E-state index contributed by atoms with van der Waals surface area (Å²) < 4.78 is 40.3. The molecule has 0 aromatic heterocycles. The highest BCUT2D eigenvalue weighted by atomic mass is 79.9. The molecular formula is C20H18BrF3N2O2. The molecule has 1 aliphatic heterocycles. The number of nitrogens with zero attached hydrogens (tertiary/aromatic N) is 2. The molecule has 1 aliphatic rings. The van der Waals surface area contributed by atoms with Crippen molar-refractivity contribution in [3.8, 4) is 0 Å². The molecule has 2 amide bonds. The van der Waals surface area contributed by atoms with E-state index in [1.54, 1.807) is 18.2 Å². The Bertz CT molecular complexity index is 901. The standard InChI is InChI=1S/C20H18BrF3N2O2/c1-25(12-13-5-2-3-8-17(13)20(22,23)24)18(27)16-9-10-26(19(16)28)15-7-4-6-14(21)11-15/h2-8,11,16H,9-10,12H2,1H3/t16-/m1/s1. The van der Waals surface area contributed by atoms with Gasteiger partial charge in [0.2, 0.25) is 11.8 Å². The zero-order valence-corrected chi connectivity index (χ0v) is 16.6. The lowest BCUT2D eigenvalue weighted by Crippen LogP contribution is -2.38. The van der Waals surface area contributed by atoms with E-state index >= 15 is 0 Å². The van der Waals surface area contributed by atoms with Crippen molar-refractivity contribution in [3.05, 3.63) is 64.1 Å². The van der Waals surface area contributed by atoms with E-state index in [1.807, 2.05) is 6.07 Å². The largest absolute Gasteiger partial charge is 0.416 e. The summed E-state index contributed by atoms with van der Waals surface area (Å²) in [6, 6.07) is 12.3. The van der Waals surface area contributed by atoms with E-state index in [0.717, 1.165) is 10.5 Å². The Morgan fingerprint density at radius 1 is 1.21 bits per heavy atom. The van der Waals surface area contributed by atoms with E-state index in [9.17, 15) is 22.8 Å². The van der Waals surface area contributed by atoms with E-state index in [-0.39, 0.29) is 18.0 Å². The van der Waals surface area contributed by atoms with Gasteiger partial charge in [0.25, 0.3) is 0 Å². The fraction of sp³-hybridized carbons (Fsp3) is 0.300. The zero-order chi connectivity index (χ0) is 20.5. The Hall–Kier alpha value is -2.35. The molecule has 0 spiro atoms. The van der Waals surface area contributed by atoms with E-state index in [2.05, 4.69) is 15.9 Å². The summed E-state index contributed by atoms with van der Waals surface area (Å²) in [4.78, 5) is 28.2. The van der Waals surface area contributed by atoms with Gasteiger partial charge in [0.05, 0.1) is 5.56 Å². The van der Waals surface area contributed by atoms with E-state index < -0.39 is 23.6 Å². The summed E-state index contributed by atoms with van der Waals surface area (Å²) in [7, 11) is 1.42. The van der Waals surface area contributed by atoms with Gasteiger partial charge in [-0.15, -0.1) is 0 Å². The summed E-state index contributed by atoms with van der Waals surface area (Å²) in [6.07, 6.45) is -4.17. The minimum absolute atomic E-state index is 0.000131. The van der Waals surface area contributed by atoms with Gasteiger partial charge in [0, 0.05) is 30.3 Å². The Labute approximate surface area is 169 Å². The van der Waals surface area contributed by atoms with Gasteiger partial charge < -0.3 is 9.80 Å². The van der Waals surface area contributed by atoms with E-state index in [1.165, 1.54) is 35.0 Å². The Balaban J connectivity index is 1.74. The summed E-state index contributed by atoms with van der Waals surface area (Å²) in [5.74, 6) is -1.69. The molecule has 0 N–H and O–H groups in total. The molecule has 0 radical (unpaired) electrons. The van der Waals surface area contributed by atoms with Crippen molar-refractivity contribution in [2.24, 2.45) is 5.92 Å². The number of anilines is 1. The van der Waals surface area contributed by atoms with Gasteiger partial charge in [-0.3, -0.25) is 9.59 Å². The second-order valence-corrected chi connectivity index (χ2v) is 7.58. The molecular weight excluding hydrogens is 437 g/mol. The van der Waals surface area contributed by atoms with Crippen LogP contribution in [0, 0.1) is 5.92 Å². The van der Waals surface area contributed by atoms with Crippen LogP contribution >= 0.6 is 15.9 Å². The van der Waals surface area contributed by atoms with E-state index in [4.69, 9.17) is 0 Å². The number of hydrogen-bond acceptors (Lipinski definition) is 2. The molecule has 0 saturated carbocycles. The summed E-state index contributed by atoms with van der Waals surface area (Å²) in [6.45, 7) is 0.174. The molecule has 0 unspecified atom stereocenters. The predicted molar refractivity (Wildman–Crippen MR) is 103 cm³/mol. The molecule has 2 aromatic carbocycles. The third-order valence-electron chi connectivity index (χ3n) is 4.73. The monoisotopic (exact) mass is 454 g/mol. The van der Waals surface area contributed by atoms with Crippen molar-refractivity contribution in [2.45, 2.75) is 19.1 Å². The number of halogens is 4. The van der Waals surface area contributed by atoms with Crippen molar-refractivity contribution in [1.29, 1.82) is 0 Å². The smallest absolute Gasteiger partial charge is 0.341 e. The molecule has 3 rings (SSSR count). The van der Waals surface area contributed by atoms with Crippen LogP contribution in [0.2, 0.25) is 0 Å². The normalized spacial score (nSPS) is 17.1. The fourth-order valence-corrected chi connectivity index (χ4v) is 3.73. The molecule has 148 valence electrons. The van der Waals surface area contributed by atoms with Gasteiger partial charge in [-0.25, -0.2) is 0 Å². The number of benzene rings is 2. The summed E-state index contributed by atoms with van der Waals surface area (Å²) in [5, 5.41) is 0. The first-order valence-electron chi connectivity index (χ1n) is 8.65. The first-order chi connectivity index (χ1) is 13.2. The molecule has 1 fully saturated rings. The highest BCUT2D eigenvalue weighted by Gasteiger charge is 2.39. The predicted octanol–water partition coefficient (Wildman–Crippen LogP) is 4.48. The van der Waals surface area contributed by atoms with Gasteiger partial charge in [0.1, 0.15) is 5.92 Å². The maximum absolute atomic E-state index is 13.2. The van der Waals surface area contributed by atoms with Gasteiger partial charge >= 0.3 is 6.18 Å². The van der Waals surface area contributed by atoms with Crippen LogP contribution in [0.4, 0.5) is 18.9 Å². The highest BCUT2D eigenvalue weighted by molar-refractivity contribution is 9.10. The second-order valence-electron chi connectivity index (χ2n) is 6.66. The Kier molecular flexibility index (Phi) is 5.79. The van der Waals surface area contributed by atoms with Gasteiger partial charge in [-0.2, -0.15) is 13.2 Å². The van der Waals surface area contributed by atoms with Crippen molar-refractivity contribution in [1.82, 2.24) is 4.90 Å². The van der Waals surface area contributed by atoms with Crippen LogP contribution in [-0.4, -0.2) is 30.3 Å². The lowest BCUT2D eigenvalue weighted by Gasteiger charge is -2.23. The average molecular weight is 455 g/mol. The molecule has 28 heavy (non-hydrogen) atoms. The van der Waals surface area contributed by atoms with Crippen molar-refractivity contribution in [3.63, 3.8) is 0 Å². The first-order valence-corrected chi connectivity index (χ1v) is 9.45. The molecule has 0 bridgehead atoms. The van der Waals surface area contributed by atoms with Crippen LogP contribution in [-0.2, 0) is 22.3 Å². The minimum atomic E-state index is -4.50. The fourth-order valence-electron chi connectivity index (χ4n) is 3.34. The number of hydrogen-bond donors (Lipinski definition) is 0. The van der Waals surface area contributed by atoms with Crippen LogP contribution in [0.1, 0.15) is 17.5 Å². The van der Waals surface area contributed by atoms with Crippen molar-refractivity contribution in [2.75, 3.05) is 18.5 Å². The number of amides is 2. The van der Waals surface area contributed by atoms with Crippen LogP contribution in [0.3, 0.4) is 0 Å². The van der Waals surface area contributed by atoms with Gasteiger partial charge in [-0.05, 0) is 36.2 Å². The lowest BCUT2D eigenvalue weighted by molar-refractivity contribution is -0.142. The molecule has 1 saturated heterocycles. The topological polar surface area (TPSA) is 40.6 Å². The first kappa shape index (κ1) is 20.4. The van der Waals surface area contributed by atoms with Crippen molar-refractivity contribution >= 4 is 33.4 Å². The maximum atomic E-state index is 13.2. The maximum Gasteiger partial charge on any atom is 0.416 e. The quantitative estimate of drug-likeness (QED) is 0.639. The number of rotatable bonds is 4. The minimum Gasteiger partial charge on any atom is -0.341 e.